The highest BCUT2D eigenvalue weighted by molar-refractivity contribution is 7.89. The van der Waals surface area contributed by atoms with E-state index >= 15 is 0 Å². The molecule has 0 spiro atoms. The van der Waals surface area contributed by atoms with Crippen molar-refractivity contribution in [2.24, 2.45) is 0 Å². The fourth-order valence-electron chi connectivity index (χ4n) is 3.58. The summed E-state index contributed by atoms with van der Waals surface area (Å²) < 4.78 is 40.1. The molecule has 4 rings (SSSR count). The van der Waals surface area contributed by atoms with E-state index in [-0.39, 0.29) is 4.90 Å². The Balaban J connectivity index is 1.41. The molecule has 0 radical (unpaired) electrons. The van der Waals surface area contributed by atoms with E-state index in [9.17, 15) is 12.8 Å². The van der Waals surface area contributed by atoms with Gasteiger partial charge in [0.1, 0.15) is 5.82 Å². The number of sulfonamides is 1. The molecule has 8 heteroatoms. The zero-order valence-corrected chi connectivity index (χ0v) is 18.6. The number of piperazine rings is 1. The van der Waals surface area contributed by atoms with Crippen LogP contribution in [0.5, 0.6) is 0 Å². The van der Waals surface area contributed by atoms with Crippen LogP contribution in [0.2, 0.25) is 0 Å². The van der Waals surface area contributed by atoms with Gasteiger partial charge in [-0.05, 0) is 49.2 Å². The molecule has 0 atom stereocenters. The molecule has 1 aliphatic heterocycles. The van der Waals surface area contributed by atoms with Crippen LogP contribution in [-0.4, -0.2) is 43.9 Å². The third-order valence-corrected chi connectivity index (χ3v) is 8.24. The molecule has 1 aromatic heterocycles. The minimum Gasteiger partial charge on any atom is -0.345 e. The predicted molar refractivity (Wildman–Crippen MR) is 118 cm³/mol. The lowest BCUT2D eigenvalue weighted by Gasteiger charge is -2.33. The molecule has 1 aliphatic rings. The van der Waals surface area contributed by atoms with E-state index in [1.54, 1.807) is 11.3 Å². The second-order valence-corrected chi connectivity index (χ2v) is 10.3. The van der Waals surface area contributed by atoms with Gasteiger partial charge in [0.05, 0.1) is 10.6 Å². The fraction of sp³-hybridized carbons (Fsp3) is 0.318. The molecule has 30 heavy (non-hydrogen) atoms. The van der Waals surface area contributed by atoms with Crippen LogP contribution < -0.4 is 4.90 Å². The van der Waals surface area contributed by atoms with Gasteiger partial charge in [-0.3, -0.25) is 0 Å². The summed E-state index contributed by atoms with van der Waals surface area (Å²) in [6, 6.07) is 11.4. The maximum atomic E-state index is 13.1. The van der Waals surface area contributed by atoms with Gasteiger partial charge in [0.25, 0.3) is 0 Å². The number of rotatable bonds is 5. The predicted octanol–water partition coefficient (Wildman–Crippen LogP) is 4.00. The number of aryl methyl sites for hydroxylation is 2. The summed E-state index contributed by atoms with van der Waals surface area (Å²) >= 11 is 1.60. The first-order valence-electron chi connectivity index (χ1n) is 9.84. The quantitative estimate of drug-likeness (QED) is 0.596. The van der Waals surface area contributed by atoms with Crippen molar-refractivity contribution in [3.8, 4) is 0 Å². The van der Waals surface area contributed by atoms with Crippen LogP contribution in [0.1, 0.15) is 22.4 Å². The van der Waals surface area contributed by atoms with Crippen molar-refractivity contribution in [2.75, 3.05) is 31.1 Å². The lowest BCUT2D eigenvalue weighted by Crippen LogP contribution is -2.48. The molecule has 0 amide bonds. The molecule has 0 aliphatic carbocycles. The van der Waals surface area contributed by atoms with Gasteiger partial charge in [0.15, 0.2) is 5.13 Å². The van der Waals surface area contributed by atoms with Crippen molar-refractivity contribution in [1.82, 2.24) is 9.29 Å². The minimum absolute atomic E-state index is 0.127. The fourth-order valence-corrected chi connectivity index (χ4v) is 5.89. The van der Waals surface area contributed by atoms with Crippen molar-refractivity contribution in [3.63, 3.8) is 0 Å². The second-order valence-electron chi connectivity index (χ2n) is 7.57. The number of halogens is 1. The number of hydrogen-bond donors (Lipinski definition) is 0. The summed E-state index contributed by atoms with van der Waals surface area (Å²) in [7, 11) is -3.61. The van der Waals surface area contributed by atoms with Crippen molar-refractivity contribution >= 4 is 26.5 Å². The monoisotopic (exact) mass is 445 g/mol. The molecule has 2 aromatic carbocycles. The maximum absolute atomic E-state index is 13.1. The molecule has 0 unspecified atom stereocenters. The van der Waals surface area contributed by atoms with E-state index in [0.717, 1.165) is 17.2 Å². The van der Waals surface area contributed by atoms with Crippen LogP contribution in [0.4, 0.5) is 9.52 Å². The van der Waals surface area contributed by atoms with Crippen molar-refractivity contribution in [1.29, 1.82) is 0 Å². The summed E-state index contributed by atoms with van der Waals surface area (Å²) in [5, 5.41) is 3.01. The molecule has 1 fully saturated rings. The van der Waals surface area contributed by atoms with Crippen molar-refractivity contribution in [2.45, 2.75) is 25.2 Å². The minimum atomic E-state index is -3.61. The number of aromatic nitrogens is 1. The molecule has 5 nitrogen and oxygen atoms in total. The number of hydrogen-bond acceptors (Lipinski definition) is 5. The number of nitrogens with zero attached hydrogens (tertiary/aromatic N) is 3. The van der Waals surface area contributed by atoms with Crippen LogP contribution in [0, 0.1) is 19.7 Å². The second kappa shape index (κ2) is 8.45. The Labute approximate surface area is 180 Å². The first-order chi connectivity index (χ1) is 14.3. The lowest BCUT2D eigenvalue weighted by atomic mass is 10.0. The molecule has 0 N–H and O–H groups in total. The van der Waals surface area contributed by atoms with E-state index < -0.39 is 15.8 Å². The Bertz CT molecular complexity index is 1140. The normalized spacial score (nSPS) is 15.5. The van der Waals surface area contributed by atoms with Gasteiger partial charge in [-0.2, -0.15) is 4.31 Å². The van der Waals surface area contributed by atoms with Crippen LogP contribution >= 0.6 is 11.3 Å². The zero-order chi connectivity index (χ0) is 21.3. The molecule has 2 heterocycles. The average molecular weight is 446 g/mol. The third-order valence-electron chi connectivity index (χ3n) is 5.38. The van der Waals surface area contributed by atoms with Crippen LogP contribution in [0.25, 0.3) is 0 Å². The topological polar surface area (TPSA) is 53.5 Å². The first-order valence-corrected chi connectivity index (χ1v) is 12.2. The molecular formula is C22H24FN3O2S2. The Morgan fingerprint density at radius 3 is 2.43 bits per heavy atom. The van der Waals surface area contributed by atoms with E-state index in [1.807, 2.05) is 0 Å². The van der Waals surface area contributed by atoms with Crippen molar-refractivity contribution in [3.05, 3.63) is 76.0 Å². The van der Waals surface area contributed by atoms with E-state index in [1.165, 1.54) is 45.3 Å². The van der Waals surface area contributed by atoms with E-state index in [0.29, 0.717) is 26.2 Å². The van der Waals surface area contributed by atoms with Gasteiger partial charge < -0.3 is 4.90 Å². The van der Waals surface area contributed by atoms with Crippen molar-refractivity contribution < 1.29 is 12.8 Å². The Morgan fingerprint density at radius 1 is 1.03 bits per heavy atom. The highest BCUT2D eigenvalue weighted by Crippen LogP contribution is 2.26. The van der Waals surface area contributed by atoms with Gasteiger partial charge in [-0.25, -0.2) is 17.8 Å². The summed E-state index contributed by atoms with van der Waals surface area (Å²) in [5.74, 6) is -0.445. The van der Waals surface area contributed by atoms with Gasteiger partial charge in [0.2, 0.25) is 10.0 Å². The average Bonchev–Trinajstić information content (AvgIpc) is 3.20. The Kier molecular flexibility index (Phi) is 5.90. The van der Waals surface area contributed by atoms with Crippen LogP contribution in [-0.2, 0) is 16.4 Å². The maximum Gasteiger partial charge on any atom is 0.243 e. The van der Waals surface area contributed by atoms with E-state index in [4.69, 9.17) is 4.98 Å². The summed E-state index contributed by atoms with van der Waals surface area (Å²) in [6.45, 7) is 6.13. The molecule has 3 aromatic rings. The highest BCUT2D eigenvalue weighted by atomic mass is 32.2. The zero-order valence-electron chi connectivity index (χ0n) is 17.0. The van der Waals surface area contributed by atoms with Crippen LogP contribution in [0.3, 0.4) is 0 Å². The number of thiazole rings is 1. The third kappa shape index (κ3) is 4.40. The Morgan fingerprint density at radius 2 is 1.73 bits per heavy atom. The summed E-state index contributed by atoms with van der Waals surface area (Å²) in [4.78, 5) is 7.05. The SMILES string of the molecule is Cc1ccc(C)c(Cc2csc(N3CCN(S(=O)(=O)c4ccc(F)cc4)CC3)n2)c1. The molecule has 158 valence electrons. The molecular weight excluding hydrogens is 421 g/mol. The molecule has 1 saturated heterocycles. The van der Waals surface area contributed by atoms with Gasteiger partial charge in [-0.1, -0.05) is 23.8 Å². The summed E-state index contributed by atoms with van der Waals surface area (Å²) in [5.41, 5.74) is 4.81. The van der Waals surface area contributed by atoms with Gasteiger partial charge >= 0.3 is 0 Å². The number of anilines is 1. The van der Waals surface area contributed by atoms with E-state index in [2.05, 4.69) is 42.3 Å². The number of benzene rings is 2. The standard InChI is InChI=1S/C22H24FN3O2S2/c1-16-3-4-17(2)18(13-16)14-20-15-29-22(24-20)25-9-11-26(12-10-25)30(27,28)21-7-5-19(23)6-8-21/h3-8,13,15H,9-12,14H2,1-2H3. The molecule has 0 saturated carbocycles. The largest absolute Gasteiger partial charge is 0.345 e. The Hall–Kier alpha value is -2.29. The molecule has 0 bridgehead atoms. The van der Waals surface area contributed by atoms with Crippen LogP contribution in [0.15, 0.2) is 52.7 Å². The smallest absolute Gasteiger partial charge is 0.243 e. The lowest BCUT2D eigenvalue weighted by molar-refractivity contribution is 0.384. The van der Waals surface area contributed by atoms with Gasteiger partial charge in [0, 0.05) is 38.0 Å². The van der Waals surface area contributed by atoms with Gasteiger partial charge in [-0.15, -0.1) is 11.3 Å². The highest BCUT2D eigenvalue weighted by Gasteiger charge is 2.29. The first kappa shape index (κ1) is 21.0. The summed E-state index contributed by atoms with van der Waals surface area (Å²) in [6.07, 6.45) is 0.795.